The molecular formula is C20H32O6SSi. The minimum Gasteiger partial charge on any atom is -0.479 e. The predicted molar refractivity (Wildman–Crippen MR) is 110 cm³/mol. The lowest BCUT2D eigenvalue weighted by Crippen LogP contribution is -2.54. The van der Waals surface area contributed by atoms with Gasteiger partial charge in [0.25, 0.3) is 10.1 Å². The highest BCUT2D eigenvalue weighted by atomic mass is 32.2. The Morgan fingerprint density at radius 2 is 1.75 bits per heavy atom. The van der Waals surface area contributed by atoms with E-state index in [2.05, 4.69) is 33.9 Å². The summed E-state index contributed by atoms with van der Waals surface area (Å²) in [5.74, 6) is -1.30. The molecule has 1 saturated carbocycles. The van der Waals surface area contributed by atoms with E-state index in [4.69, 9.17) is 8.61 Å². The van der Waals surface area contributed by atoms with Crippen molar-refractivity contribution < 1.29 is 26.9 Å². The zero-order valence-electron chi connectivity index (χ0n) is 17.6. The van der Waals surface area contributed by atoms with Gasteiger partial charge in [0.1, 0.15) is 0 Å². The number of hydrogen-bond acceptors (Lipinski definition) is 5. The average molecular weight is 429 g/mol. The van der Waals surface area contributed by atoms with Crippen molar-refractivity contribution in [2.75, 3.05) is 0 Å². The van der Waals surface area contributed by atoms with Gasteiger partial charge in [0.2, 0.25) is 0 Å². The summed E-state index contributed by atoms with van der Waals surface area (Å²) >= 11 is 0. The smallest absolute Gasteiger partial charge is 0.337 e. The van der Waals surface area contributed by atoms with E-state index in [1.807, 2.05) is 6.92 Å². The third-order valence-corrected chi connectivity index (χ3v) is 11.8. The molecule has 1 N–H and O–H groups in total. The number of hydrogen-bond donors (Lipinski definition) is 1. The minimum absolute atomic E-state index is 0.0191. The SMILES string of the molecule is C[C@@H]1C[C@@H](O[Si](C)(C)C(C)(C)C)C[C@@](OS(=O)(=O)c2ccccc2)(C(=O)O)C1. The first-order valence-electron chi connectivity index (χ1n) is 9.60. The number of rotatable bonds is 6. The Balaban J connectivity index is 2.34. The summed E-state index contributed by atoms with van der Waals surface area (Å²) in [6.07, 6.45) is 0.486. The van der Waals surface area contributed by atoms with E-state index in [9.17, 15) is 18.3 Å². The van der Waals surface area contributed by atoms with Gasteiger partial charge >= 0.3 is 5.97 Å². The molecule has 6 nitrogen and oxygen atoms in total. The van der Waals surface area contributed by atoms with Crippen LogP contribution < -0.4 is 0 Å². The van der Waals surface area contributed by atoms with Crippen molar-refractivity contribution in [3.63, 3.8) is 0 Å². The number of aliphatic carboxylic acids is 1. The fraction of sp³-hybridized carbons (Fsp3) is 0.650. The molecule has 0 aliphatic heterocycles. The standard InChI is InChI=1S/C20H32O6SSi/c1-15-12-16(25-28(5,6)19(2,3)4)14-20(13-15,18(21)22)26-27(23,24)17-10-8-7-9-11-17/h7-11,15-16H,12-14H2,1-6H3,(H,21,22)/t15-,16-,20-/m1/s1. The van der Waals surface area contributed by atoms with Gasteiger partial charge in [-0.2, -0.15) is 8.42 Å². The Hall–Kier alpha value is -1.22. The van der Waals surface area contributed by atoms with E-state index in [-0.39, 0.29) is 34.8 Å². The van der Waals surface area contributed by atoms with Crippen molar-refractivity contribution in [1.82, 2.24) is 0 Å². The summed E-state index contributed by atoms with van der Waals surface area (Å²) in [5.41, 5.74) is -1.82. The van der Waals surface area contributed by atoms with Crippen molar-refractivity contribution in [2.45, 2.75) is 81.7 Å². The van der Waals surface area contributed by atoms with Crippen LogP contribution in [0.1, 0.15) is 47.0 Å². The first-order chi connectivity index (χ1) is 12.7. The second-order valence-corrected chi connectivity index (χ2v) is 15.7. The lowest BCUT2D eigenvalue weighted by Gasteiger charge is -2.45. The Morgan fingerprint density at radius 3 is 2.25 bits per heavy atom. The van der Waals surface area contributed by atoms with Crippen molar-refractivity contribution in [3.8, 4) is 0 Å². The summed E-state index contributed by atoms with van der Waals surface area (Å²) in [4.78, 5) is 12.2. The van der Waals surface area contributed by atoms with Crippen LogP contribution in [0, 0.1) is 5.92 Å². The fourth-order valence-corrected chi connectivity index (χ4v) is 6.02. The summed E-state index contributed by atoms with van der Waals surface area (Å²) in [5, 5.41) is 9.93. The zero-order valence-corrected chi connectivity index (χ0v) is 19.4. The van der Waals surface area contributed by atoms with Crippen molar-refractivity contribution in [3.05, 3.63) is 30.3 Å². The maximum atomic E-state index is 12.8. The Labute approximate surface area is 169 Å². The van der Waals surface area contributed by atoms with E-state index >= 15 is 0 Å². The van der Waals surface area contributed by atoms with Crippen LogP contribution in [0.2, 0.25) is 18.1 Å². The van der Waals surface area contributed by atoms with Crippen LogP contribution in [0.4, 0.5) is 0 Å². The van der Waals surface area contributed by atoms with Crippen LogP contribution >= 0.6 is 0 Å². The summed E-state index contributed by atoms with van der Waals surface area (Å²) in [7, 11) is -6.35. The van der Waals surface area contributed by atoms with Gasteiger partial charge < -0.3 is 9.53 Å². The summed E-state index contributed by atoms with van der Waals surface area (Å²) < 4.78 is 37.4. The Kier molecular flexibility index (Phi) is 6.50. The van der Waals surface area contributed by atoms with Crippen LogP contribution in [0.25, 0.3) is 0 Å². The van der Waals surface area contributed by atoms with Gasteiger partial charge in [-0.15, -0.1) is 0 Å². The van der Waals surface area contributed by atoms with Crippen LogP contribution in [0.5, 0.6) is 0 Å². The molecular weight excluding hydrogens is 396 g/mol. The highest BCUT2D eigenvalue weighted by Crippen LogP contribution is 2.43. The Bertz CT molecular complexity index is 800. The van der Waals surface area contributed by atoms with Gasteiger partial charge in [0.15, 0.2) is 13.9 Å². The van der Waals surface area contributed by atoms with Crippen LogP contribution in [-0.2, 0) is 23.5 Å². The molecule has 0 bridgehead atoms. The first-order valence-corrected chi connectivity index (χ1v) is 13.9. The van der Waals surface area contributed by atoms with E-state index in [1.54, 1.807) is 18.2 Å². The molecule has 1 aromatic rings. The maximum Gasteiger partial charge on any atom is 0.337 e. The number of carbonyl (C=O) groups is 1. The molecule has 8 heteroatoms. The molecule has 1 aliphatic carbocycles. The molecule has 158 valence electrons. The minimum atomic E-state index is -4.21. The Morgan fingerprint density at radius 1 is 1.18 bits per heavy atom. The lowest BCUT2D eigenvalue weighted by molar-refractivity contribution is -0.163. The highest BCUT2D eigenvalue weighted by molar-refractivity contribution is 7.86. The number of carboxylic acid groups (broad SMARTS) is 1. The lowest BCUT2D eigenvalue weighted by atomic mass is 9.77. The molecule has 3 atom stereocenters. The van der Waals surface area contributed by atoms with E-state index in [0.29, 0.717) is 6.42 Å². The monoisotopic (exact) mass is 428 g/mol. The molecule has 2 rings (SSSR count). The third kappa shape index (κ3) is 5.03. The maximum absolute atomic E-state index is 12.8. The predicted octanol–water partition coefficient (Wildman–Crippen LogP) is 4.43. The molecule has 0 spiro atoms. The van der Waals surface area contributed by atoms with Crippen LogP contribution in [-0.4, -0.2) is 39.5 Å². The molecule has 0 saturated heterocycles. The van der Waals surface area contributed by atoms with Crippen molar-refractivity contribution in [2.24, 2.45) is 5.92 Å². The normalized spacial score (nSPS) is 26.8. The quantitative estimate of drug-likeness (QED) is 0.533. The molecule has 28 heavy (non-hydrogen) atoms. The van der Waals surface area contributed by atoms with Gasteiger partial charge in [-0.3, -0.25) is 0 Å². The van der Waals surface area contributed by atoms with Gasteiger partial charge in [0, 0.05) is 12.5 Å². The van der Waals surface area contributed by atoms with Gasteiger partial charge in [-0.05, 0) is 49.0 Å². The zero-order chi connectivity index (χ0) is 21.4. The molecule has 0 aromatic heterocycles. The van der Waals surface area contributed by atoms with Crippen molar-refractivity contribution in [1.29, 1.82) is 0 Å². The molecule has 0 radical (unpaired) electrons. The van der Waals surface area contributed by atoms with Gasteiger partial charge in [-0.25, -0.2) is 8.98 Å². The molecule has 1 aliphatic rings. The van der Waals surface area contributed by atoms with Gasteiger partial charge in [-0.1, -0.05) is 45.9 Å². The number of benzene rings is 1. The summed E-state index contributed by atoms with van der Waals surface area (Å²) in [6.45, 7) is 12.5. The molecule has 1 aromatic carbocycles. The van der Waals surface area contributed by atoms with E-state index < -0.39 is 30.0 Å². The average Bonchev–Trinajstić information content (AvgIpc) is 2.53. The molecule has 1 fully saturated rings. The van der Waals surface area contributed by atoms with E-state index in [0.717, 1.165) is 0 Å². The van der Waals surface area contributed by atoms with Gasteiger partial charge in [0.05, 0.1) is 4.90 Å². The summed E-state index contributed by atoms with van der Waals surface area (Å²) in [6, 6.07) is 7.66. The first kappa shape index (κ1) is 23.1. The van der Waals surface area contributed by atoms with Crippen LogP contribution in [0.15, 0.2) is 35.2 Å². The topological polar surface area (TPSA) is 89.9 Å². The highest BCUT2D eigenvalue weighted by Gasteiger charge is 2.52. The fourth-order valence-electron chi connectivity index (χ4n) is 3.44. The second-order valence-electron chi connectivity index (χ2n) is 9.40. The second kappa shape index (κ2) is 7.89. The van der Waals surface area contributed by atoms with Crippen LogP contribution in [0.3, 0.4) is 0 Å². The van der Waals surface area contributed by atoms with Crippen molar-refractivity contribution >= 4 is 24.4 Å². The van der Waals surface area contributed by atoms with E-state index in [1.165, 1.54) is 12.1 Å². The number of carboxylic acids is 1. The molecule has 0 amide bonds. The molecule has 0 unspecified atom stereocenters. The molecule has 0 heterocycles. The largest absolute Gasteiger partial charge is 0.479 e. The third-order valence-electron chi connectivity index (χ3n) is 5.86.